The molecule has 1 heterocycles. The average Bonchev–Trinajstić information content (AvgIpc) is 2.59. The molecule has 2 rings (SSSR count). The molecule has 1 aliphatic heterocycles. The monoisotopic (exact) mass is 374 g/mol. The van der Waals surface area contributed by atoms with Crippen LogP contribution in [0.25, 0.3) is 0 Å². The largest absolute Gasteiger partial charge is 0.361 e. The number of hydrogen-bond donors (Lipinski definition) is 1. The van der Waals surface area contributed by atoms with Gasteiger partial charge in [-0.15, -0.1) is 0 Å². The van der Waals surface area contributed by atoms with Gasteiger partial charge in [-0.3, -0.25) is 14.4 Å². The van der Waals surface area contributed by atoms with Gasteiger partial charge in [-0.2, -0.15) is 0 Å². The van der Waals surface area contributed by atoms with Crippen molar-refractivity contribution in [2.24, 2.45) is 11.1 Å². The van der Waals surface area contributed by atoms with Crippen molar-refractivity contribution in [2.75, 3.05) is 33.7 Å². The zero-order valence-electron chi connectivity index (χ0n) is 16.8. The quantitative estimate of drug-likeness (QED) is 0.792. The van der Waals surface area contributed by atoms with Crippen LogP contribution in [0.1, 0.15) is 32.4 Å². The minimum Gasteiger partial charge on any atom is -0.361 e. The van der Waals surface area contributed by atoms with Crippen LogP contribution < -0.4 is 5.73 Å². The van der Waals surface area contributed by atoms with Crippen LogP contribution in [-0.2, 0) is 14.4 Å². The van der Waals surface area contributed by atoms with Gasteiger partial charge in [0, 0.05) is 25.7 Å². The molecule has 148 valence electrons. The van der Waals surface area contributed by atoms with E-state index in [0.29, 0.717) is 13.1 Å². The summed E-state index contributed by atoms with van der Waals surface area (Å²) in [5, 5.41) is 0. The molecular weight excluding hydrogens is 344 g/mol. The van der Waals surface area contributed by atoms with Crippen molar-refractivity contribution in [2.45, 2.75) is 32.9 Å². The maximum absolute atomic E-state index is 13.3. The van der Waals surface area contributed by atoms with E-state index in [1.807, 2.05) is 75.0 Å². The van der Waals surface area contributed by atoms with E-state index in [1.165, 1.54) is 4.90 Å². The maximum atomic E-state index is 13.3. The minimum atomic E-state index is -0.976. The molecule has 1 aromatic rings. The molecule has 1 fully saturated rings. The molecule has 0 spiro atoms. The lowest BCUT2D eigenvalue weighted by molar-refractivity contribution is -0.155. The van der Waals surface area contributed by atoms with Gasteiger partial charge in [0.2, 0.25) is 5.91 Å². The van der Waals surface area contributed by atoms with Crippen LogP contribution in [0.3, 0.4) is 0 Å². The molecule has 1 aliphatic rings. The Morgan fingerprint density at radius 3 is 2.22 bits per heavy atom. The van der Waals surface area contributed by atoms with E-state index in [-0.39, 0.29) is 18.5 Å². The first-order valence-corrected chi connectivity index (χ1v) is 9.15. The summed E-state index contributed by atoms with van der Waals surface area (Å²) in [4.78, 5) is 42.5. The fourth-order valence-corrected chi connectivity index (χ4v) is 3.83. The molecule has 2 atom stereocenters. The van der Waals surface area contributed by atoms with E-state index in [9.17, 15) is 14.4 Å². The van der Waals surface area contributed by atoms with Crippen LogP contribution in [0.2, 0.25) is 0 Å². The lowest BCUT2D eigenvalue weighted by Gasteiger charge is -2.47. The van der Waals surface area contributed by atoms with Crippen molar-refractivity contribution < 1.29 is 14.4 Å². The summed E-state index contributed by atoms with van der Waals surface area (Å²) in [6, 6.07) is 8.83. The van der Waals surface area contributed by atoms with E-state index < -0.39 is 23.3 Å². The number of benzene rings is 1. The summed E-state index contributed by atoms with van der Waals surface area (Å²) in [5.41, 5.74) is 5.57. The average molecular weight is 374 g/mol. The van der Waals surface area contributed by atoms with Crippen LogP contribution in [0.5, 0.6) is 0 Å². The number of nitrogens with two attached hydrogens (primary N) is 1. The fourth-order valence-electron chi connectivity index (χ4n) is 3.83. The molecule has 7 nitrogen and oxygen atoms in total. The van der Waals surface area contributed by atoms with Gasteiger partial charge < -0.3 is 20.4 Å². The molecule has 2 N–H and O–H groups in total. The van der Waals surface area contributed by atoms with Gasteiger partial charge in [0.25, 0.3) is 0 Å². The van der Waals surface area contributed by atoms with E-state index in [2.05, 4.69) is 0 Å². The Hall–Kier alpha value is -2.41. The molecule has 0 aliphatic carbocycles. The van der Waals surface area contributed by atoms with Gasteiger partial charge in [0.05, 0.1) is 11.5 Å². The highest BCUT2D eigenvalue weighted by Gasteiger charge is 2.42. The van der Waals surface area contributed by atoms with Crippen molar-refractivity contribution in [1.82, 2.24) is 14.7 Å². The molecule has 0 aromatic heterocycles. The first kappa shape index (κ1) is 20.9. The van der Waals surface area contributed by atoms with Crippen LogP contribution in [0.15, 0.2) is 30.3 Å². The van der Waals surface area contributed by atoms with Gasteiger partial charge >= 0.3 is 11.8 Å². The second-order valence-corrected chi connectivity index (χ2v) is 8.18. The summed E-state index contributed by atoms with van der Waals surface area (Å²) in [7, 11) is 3.88. The number of rotatable bonds is 4. The van der Waals surface area contributed by atoms with Gasteiger partial charge in [-0.05, 0) is 40.4 Å². The number of hydrogen-bond acceptors (Lipinski definition) is 4. The summed E-state index contributed by atoms with van der Waals surface area (Å²) >= 11 is 0. The predicted molar refractivity (Wildman–Crippen MR) is 104 cm³/mol. The molecule has 3 amide bonds. The highest BCUT2D eigenvalue weighted by Crippen LogP contribution is 2.31. The normalized spacial score (nSPS) is 20.7. The molecule has 0 unspecified atom stereocenters. The third-order valence-electron chi connectivity index (χ3n) is 4.95. The van der Waals surface area contributed by atoms with Gasteiger partial charge in [-0.1, -0.05) is 30.3 Å². The first-order valence-electron chi connectivity index (χ1n) is 9.15. The number of piperazine rings is 1. The fraction of sp³-hybridized carbons (Fsp3) is 0.550. The van der Waals surface area contributed by atoms with Crippen molar-refractivity contribution in [3.63, 3.8) is 0 Å². The Morgan fingerprint density at radius 2 is 1.70 bits per heavy atom. The number of carbonyl (C=O) groups excluding carboxylic acids is 3. The van der Waals surface area contributed by atoms with Crippen molar-refractivity contribution in [3.05, 3.63) is 35.9 Å². The second-order valence-electron chi connectivity index (χ2n) is 8.18. The molecular formula is C20H30N4O3. The lowest BCUT2D eigenvalue weighted by Crippen LogP contribution is -2.61. The zero-order valence-corrected chi connectivity index (χ0v) is 16.8. The number of carbonyl (C=O) groups is 3. The highest BCUT2D eigenvalue weighted by molar-refractivity contribution is 6.34. The van der Waals surface area contributed by atoms with E-state index in [4.69, 9.17) is 5.73 Å². The molecule has 1 aromatic carbocycles. The summed E-state index contributed by atoms with van der Waals surface area (Å²) in [6.45, 7) is 6.98. The van der Waals surface area contributed by atoms with Crippen LogP contribution in [-0.4, -0.2) is 72.2 Å². The predicted octanol–water partition coefficient (Wildman–Crippen LogP) is 0.860. The molecule has 0 radical (unpaired) electrons. The minimum absolute atomic E-state index is 0.0378. The summed E-state index contributed by atoms with van der Waals surface area (Å²) in [6.07, 6.45) is 0. The SMILES string of the molecule is C[C@@H]1CN(C(=O)C(N)=O)[C@@H](c2ccccc2)CN1C(=O)C(C)(C)CN(C)C. The number of amides is 3. The van der Waals surface area contributed by atoms with Crippen LogP contribution in [0, 0.1) is 5.41 Å². The summed E-state index contributed by atoms with van der Waals surface area (Å²) < 4.78 is 0. The third kappa shape index (κ3) is 4.66. The van der Waals surface area contributed by atoms with Gasteiger partial charge in [0.1, 0.15) is 0 Å². The van der Waals surface area contributed by atoms with Crippen molar-refractivity contribution in [1.29, 1.82) is 0 Å². The van der Waals surface area contributed by atoms with Crippen molar-refractivity contribution >= 4 is 17.7 Å². The lowest BCUT2D eigenvalue weighted by atomic mass is 9.88. The van der Waals surface area contributed by atoms with E-state index >= 15 is 0 Å². The molecule has 1 saturated heterocycles. The van der Waals surface area contributed by atoms with E-state index in [1.54, 1.807) is 0 Å². The van der Waals surface area contributed by atoms with Crippen LogP contribution in [0.4, 0.5) is 0 Å². The van der Waals surface area contributed by atoms with E-state index in [0.717, 1.165) is 5.56 Å². The number of nitrogens with zero attached hydrogens (tertiary/aromatic N) is 3. The second kappa shape index (κ2) is 8.08. The maximum Gasteiger partial charge on any atom is 0.312 e. The standard InChI is InChI=1S/C20H30N4O3/c1-14-11-24(18(26)17(21)25)16(15-9-7-6-8-10-15)12-23(14)19(27)20(2,3)13-22(4)5/h6-10,14,16H,11-13H2,1-5H3,(H2,21,25)/t14-,16-/m1/s1. The Morgan fingerprint density at radius 1 is 1.11 bits per heavy atom. The third-order valence-corrected chi connectivity index (χ3v) is 4.95. The Balaban J connectivity index is 2.35. The van der Waals surface area contributed by atoms with Crippen LogP contribution >= 0.6 is 0 Å². The topological polar surface area (TPSA) is 87.0 Å². The zero-order chi connectivity index (χ0) is 20.4. The Labute approximate surface area is 161 Å². The molecule has 7 heteroatoms. The Bertz CT molecular complexity index is 702. The first-order chi connectivity index (χ1) is 12.5. The van der Waals surface area contributed by atoms with Crippen molar-refractivity contribution in [3.8, 4) is 0 Å². The smallest absolute Gasteiger partial charge is 0.312 e. The molecule has 0 bridgehead atoms. The molecule has 27 heavy (non-hydrogen) atoms. The molecule has 0 saturated carbocycles. The number of primary amides is 1. The summed E-state index contributed by atoms with van der Waals surface area (Å²) in [5.74, 6) is -1.65. The van der Waals surface area contributed by atoms with Gasteiger partial charge in [0.15, 0.2) is 0 Å². The highest BCUT2D eigenvalue weighted by atomic mass is 16.2. The Kier molecular flexibility index (Phi) is 6.26. The van der Waals surface area contributed by atoms with Gasteiger partial charge in [-0.25, -0.2) is 0 Å².